The van der Waals surface area contributed by atoms with Crippen LogP contribution in [0.4, 0.5) is 5.69 Å². The second kappa shape index (κ2) is 4.39. The Balaban J connectivity index is 2.97. The van der Waals surface area contributed by atoms with Crippen molar-refractivity contribution in [2.75, 3.05) is 5.75 Å². The van der Waals surface area contributed by atoms with Gasteiger partial charge in [0, 0.05) is 17.9 Å². The van der Waals surface area contributed by atoms with Crippen molar-refractivity contribution in [3.05, 3.63) is 39.9 Å². The van der Waals surface area contributed by atoms with Crippen molar-refractivity contribution in [2.45, 2.75) is 12.7 Å². The zero-order chi connectivity index (χ0) is 11.5. The quantitative estimate of drug-likeness (QED) is 0.579. The molecule has 0 heterocycles. The van der Waals surface area contributed by atoms with Crippen LogP contribution in [0.5, 0.6) is 0 Å². The Hall–Kier alpha value is -1.43. The van der Waals surface area contributed by atoms with Crippen LogP contribution in [0.1, 0.15) is 12.5 Å². The van der Waals surface area contributed by atoms with Crippen LogP contribution in [-0.2, 0) is 15.6 Å². The molecule has 5 nitrogen and oxygen atoms in total. The summed E-state index contributed by atoms with van der Waals surface area (Å²) in [5.74, 6) is -0.110. The van der Waals surface area contributed by atoms with Gasteiger partial charge in [-0.15, -0.1) is 0 Å². The molecule has 0 spiro atoms. The number of non-ortho nitro benzene ring substituents is 1. The average molecular weight is 229 g/mol. The van der Waals surface area contributed by atoms with Crippen molar-refractivity contribution in [1.82, 2.24) is 0 Å². The van der Waals surface area contributed by atoms with Gasteiger partial charge in [-0.3, -0.25) is 10.1 Å². The topological polar surface area (TPSA) is 77.3 Å². The van der Waals surface area contributed by atoms with E-state index in [1.54, 1.807) is 13.0 Å². The SMILES string of the molecule is CCS(=O)(=O)Cc1cccc([N+](=O)[O-])c1. The highest BCUT2D eigenvalue weighted by molar-refractivity contribution is 7.90. The molecule has 0 saturated carbocycles. The molecule has 0 atom stereocenters. The molecule has 0 fully saturated rings. The highest BCUT2D eigenvalue weighted by Gasteiger charge is 2.11. The molecule has 82 valence electrons. The third-order valence-electron chi connectivity index (χ3n) is 1.95. The van der Waals surface area contributed by atoms with Crippen LogP contribution in [0.3, 0.4) is 0 Å². The first kappa shape index (κ1) is 11.6. The highest BCUT2D eigenvalue weighted by atomic mass is 32.2. The number of nitro benzene ring substituents is 1. The molecule has 0 unspecified atom stereocenters. The number of rotatable bonds is 4. The summed E-state index contributed by atoms with van der Waals surface area (Å²) in [6.45, 7) is 1.55. The largest absolute Gasteiger partial charge is 0.269 e. The maximum atomic E-state index is 11.3. The molecular formula is C9H11NO4S. The number of sulfone groups is 1. The second-order valence-electron chi connectivity index (χ2n) is 3.10. The lowest BCUT2D eigenvalue weighted by molar-refractivity contribution is -0.384. The van der Waals surface area contributed by atoms with E-state index < -0.39 is 14.8 Å². The molecule has 1 aromatic rings. The maximum Gasteiger partial charge on any atom is 0.269 e. The third kappa shape index (κ3) is 3.32. The lowest BCUT2D eigenvalue weighted by atomic mass is 10.2. The molecule has 6 heteroatoms. The fraction of sp³-hybridized carbons (Fsp3) is 0.333. The van der Waals surface area contributed by atoms with E-state index in [0.717, 1.165) is 0 Å². The summed E-state index contributed by atoms with van der Waals surface area (Å²) in [6.07, 6.45) is 0. The fourth-order valence-corrected chi connectivity index (χ4v) is 2.01. The Labute approximate surface area is 87.8 Å². The van der Waals surface area contributed by atoms with Gasteiger partial charge in [0.2, 0.25) is 0 Å². The van der Waals surface area contributed by atoms with E-state index in [2.05, 4.69) is 0 Å². The van der Waals surface area contributed by atoms with E-state index in [1.165, 1.54) is 18.2 Å². The summed E-state index contributed by atoms with van der Waals surface area (Å²) in [7, 11) is -3.14. The normalized spacial score (nSPS) is 11.3. The van der Waals surface area contributed by atoms with E-state index in [4.69, 9.17) is 0 Å². The van der Waals surface area contributed by atoms with Gasteiger partial charge in [0.05, 0.1) is 10.7 Å². The zero-order valence-electron chi connectivity index (χ0n) is 8.21. The van der Waals surface area contributed by atoms with Gasteiger partial charge < -0.3 is 0 Å². The monoisotopic (exact) mass is 229 g/mol. The van der Waals surface area contributed by atoms with Crippen molar-refractivity contribution >= 4 is 15.5 Å². The van der Waals surface area contributed by atoms with Crippen LogP contribution < -0.4 is 0 Å². The van der Waals surface area contributed by atoms with E-state index in [9.17, 15) is 18.5 Å². The summed E-state index contributed by atoms with van der Waals surface area (Å²) in [5, 5.41) is 10.4. The van der Waals surface area contributed by atoms with E-state index in [0.29, 0.717) is 5.56 Å². The summed E-state index contributed by atoms with van der Waals surface area (Å²) < 4.78 is 22.6. The predicted octanol–water partition coefficient (Wildman–Crippen LogP) is 1.53. The van der Waals surface area contributed by atoms with Gasteiger partial charge in [-0.2, -0.15) is 0 Å². The molecule has 0 radical (unpaired) electrons. The Morgan fingerprint density at radius 1 is 1.40 bits per heavy atom. The minimum Gasteiger partial charge on any atom is -0.258 e. The Morgan fingerprint density at radius 3 is 2.60 bits per heavy atom. The van der Waals surface area contributed by atoms with E-state index in [1.807, 2.05) is 0 Å². The average Bonchev–Trinajstić information content (AvgIpc) is 2.17. The van der Waals surface area contributed by atoms with Crippen molar-refractivity contribution < 1.29 is 13.3 Å². The molecular weight excluding hydrogens is 218 g/mol. The number of hydrogen-bond donors (Lipinski definition) is 0. The van der Waals surface area contributed by atoms with Crippen LogP contribution in [0.2, 0.25) is 0 Å². The molecule has 0 N–H and O–H groups in total. The molecule has 0 aliphatic heterocycles. The van der Waals surface area contributed by atoms with Crippen molar-refractivity contribution in [3.8, 4) is 0 Å². The van der Waals surface area contributed by atoms with E-state index >= 15 is 0 Å². The predicted molar refractivity (Wildman–Crippen MR) is 56.3 cm³/mol. The van der Waals surface area contributed by atoms with Gasteiger partial charge in [0.25, 0.3) is 5.69 Å². The lowest BCUT2D eigenvalue weighted by Crippen LogP contribution is -2.06. The molecule has 0 amide bonds. The van der Waals surface area contributed by atoms with Gasteiger partial charge in [0.15, 0.2) is 9.84 Å². The van der Waals surface area contributed by atoms with Crippen LogP contribution >= 0.6 is 0 Å². The highest BCUT2D eigenvalue weighted by Crippen LogP contribution is 2.15. The fourth-order valence-electron chi connectivity index (χ4n) is 1.12. The third-order valence-corrected chi connectivity index (χ3v) is 3.60. The molecule has 0 aliphatic carbocycles. The maximum absolute atomic E-state index is 11.3. The minimum atomic E-state index is -3.14. The van der Waals surface area contributed by atoms with E-state index in [-0.39, 0.29) is 17.2 Å². The van der Waals surface area contributed by atoms with Gasteiger partial charge in [0.1, 0.15) is 0 Å². The molecule has 1 aromatic carbocycles. The van der Waals surface area contributed by atoms with Crippen LogP contribution in [0.25, 0.3) is 0 Å². The van der Waals surface area contributed by atoms with Crippen LogP contribution in [-0.4, -0.2) is 19.1 Å². The van der Waals surface area contributed by atoms with Gasteiger partial charge in [-0.1, -0.05) is 19.1 Å². The summed E-state index contributed by atoms with van der Waals surface area (Å²) in [4.78, 5) is 9.90. The lowest BCUT2D eigenvalue weighted by Gasteiger charge is -2.01. The zero-order valence-corrected chi connectivity index (χ0v) is 9.03. The summed E-state index contributed by atoms with van der Waals surface area (Å²) in [5.41, 5.74) is 0.366. The number of nitrogens with zero attached hydrogens (tertiary/aromatic N) is 1. The smallest absolute Gasteiger partial charge is 0.258 e. The molecule has 0 aromatic heterocycles. The number of nitro groups is 1. The van der Waals surface area contributed by atoms with Gasteiger partial charge in [-0.25, -0.2) is 8.42 Å². The Kier molecular flexibility index (Phi) is 3.41. The molecule has 0 aliphatic rings. The Bertz CT molecular complexity index is 467. The first-order chi connectivity index (χ1) is 6.94. The molecule has 1 rings (SSSR count). The van der Waals surface area contributed by atoms with Gasteiger partial charge in [-0.05, 0) is 5.56 Å². The number of benzene rings is 1. The van der Waals surface area contributed by atoms with Gasteiger partial charge >= 0.3 is 0 Å². The molecule has 0 saturated heterocycles. The van der Waals surface area contributed by atoms with Crippen molar-refractivity contribution in [2.24, 2.45) is 0 Å². The summed E-state index contributed by atoms with van der Waals surface area (Å²) in [6, 6.07) is 5.67. The summed E-state index contributed by atoms with van der Waals surface area (Å²) >= 11 is 0. The first-order valence-corrected chi connectivity index (χ1v) is 6.20. The standard InChI is InChI=1S/C9H11NO4S/c1-2-15(13,14)7-8-4-3-5-9(6-8)10(11)12/h3-6H,2,7H2,1H3. The number of hydrogen-bond acceptors (Lipinski definition) is 4. The molecule has 0 bridgehead atoms. The van der Waals surface area contributed by atoms with Crippen LogP contribution in [0, 0.1) is 10.1 Å². The Morgan fingerprint density at radius 2 is 2.07 bits per heavy atom. The minimum absolute atomic E-state index is 0.0374. The van der Waals surface area contributed by atoms with Crippen molar-refractivity contribution in [3.63, 3.8) is 0 Å². The van der Waals surface area contributed by atoms with Crippen molar-refractivity contribution in [1.29, 1.82) is 0 Å². The van der Waals surface area contributed by atoms with Crippen LogP contribution in [0.15, 0.2) is 24.3 Å². The second-order valence-corrected chi connectivity index (χ2v) is 5.46. The molecule has 15 heavy (non-hydrogen) atoms. The first-order valence-electron chi connectivity index (χ1n) is 4.38.